The van der Waals surface area contributed by atoms with E-state index in [-0.39, 0.29) is 62.7 Å². The number of carbonyl (C=O) groups is 3. The highest BCUT2D eigenvalue weighted by atomic mass is 19.3. The second-order valence-corrected chi connectivity index (χ2v) is 13.8. The van der Waals surface area contributed by atoms with Crippen molar-refractivity contribution in [1.82, 2.24) is 5.32 Å². The van der Waals surface area contributed by atoms with Crippen LogP contribution in [0.15, 0.2) is 50.0 Å². The van der Waals surface area contributed by atoms with E-state index < -0.39 is 41.6 Å². The van der Waals surface area contributed by atoms with Crippen molar-refractivity contribution in [2.75, 3.05) is 27.4 Å². The zero-order chi connectivity index (χ0) is 39.8. The Kier molecular flexibility index (Phi) is 22.2. The van der Waals surface area contributed by atoms with E-state index in [9.17, 15) is 19.2 Å². The Labute approximate surface area is 318 Å². The maximum atomic E-state index is 15.1. The number of benzene rings is 1. The summed E-state index contributed by atoms with van der Waals surface area (Å²) in [5, 5.41) is 2.80. The van der Waals surface area contributed by atoms with Gasteiger partial charge in [-0.3, -0.25) is 9.59 Å². The molecule has 0 radical (unpaired) electrons. The molecule has 13 heteroatoms. The molecule has 304 valence electrons. The van der Waals surface area contributed by atoms with Crippen LogP contribution in [-0.4, -0.2) is 57.2 Å². The standard InChI is InChI=1S/C41H61F2NO10/c1-6-8-10-15-23-41(42,43)28-32(27-35-36(54-40(48)53-35)29-52-37(45)22-25-49-4)17-14-12-11-13-16-30(3)38(46)44-34(39(47)50-5)26-31-18-20-33(21-19-31)51-24-9-7-2/h13,16,18-21,30,32,34H,6-12,14-15,17,22-29H2,1-5H3,(H,44,46)/b16-13+/t30-,32?,34+/m1/s1. The number of allylic oxidation sites excluding steroid dienone is 1. The van der Waals surface area contributed by atoms with Gasteiger partial charge in [0, 0.05) is 32.8 Å². The number of unbranched alkanes of at least 4 members (excludes halogenated alkanes) is 6. The first-order chi connectivity index (χ1) is 25.9. The van der Waals surface area contributed by atoms with Gasteiger partial charge in [0.1, 0.15) is 11.8 Å². The van der Waals surface area contributed by atoms with Crippen molar-refractivity contribution in [2.45, 2.75) is 136 Å². The summed E-state index contributed by atoms with van der Waals surface area (Å²) in [5.74, 6) is -5.52. The summed E-state index contributed by atoms with van der Waals surface area (Å²) in [5.41, 5.74) is 0.844. The van der Waals surface area contributed by atoms with E-state index in [0.717, 1.165) is 43.4 Å². The van der Waals surface area contributed by atoms with E-state index in [2.05, 4.69) is 12.2 Å². The molecule has 0 aliphatic heterocycles. The maximum absolute atomic E-state index is 15.1. The van der Waals surface area contributed by atoms with Crippen LogP contribution in [-0.2, 0) is 48.0 Å². The average Bonchev–Trinajstić information content (AvgIpc) is 3.50. The summed E-state index contributed by atoms with van der Waals surface area (Å²) in [7, 11) is 2.73. The molecule has 1 N–H and O–H groups in total. The van der Waals surface area contributed by atoms with Gasteiger partial charge in [-0.25, -0.2) is 18.4 Å². The monoisotopic (exact) mass is 765 g/mol. The van der Waals surface area contributed by atoms with Gasteiger partial charge in [0.25, 0.3) is 0 Å². The predicted octanol–water partition coefficient (Wildman–Crippen LogP) is 8.30. The van der Waals surface area contributed by atoms with E-state index in [1.54, 1.807) is 13.0 Å². The first kappa shape index (κ1) is 46.2. The Hall–Kier alpha value is -4.00. The zero-order valence-corrected chi connectivity index (χ0v) is 32.8. The molecule has 1 amide bonds. The van der Waals surface area contributed by atoms with Crippen molar-refractivity contribution < 1.29 is 50.9 Å². The molecule has 1 aromatic carbocycles. The summed E-state index contributed by atoms with van der Waals surface area (Å²) in [6.45, 7) is 6.30. The summed E-state index contributed by atoms with van der Waals surface area (Å²) in [6.07, 6.45) is 10.7. The van der Waals surface area contributed by atoms with Crippen molar-refractivity contribution in [3.8, 4) is 5.75 Å². The largest absolute Gasteiger partial charge is 0.519 e. The van der Waals surface area contributed by atoms with Crippen molar-refractivity contribution in [3.05, 3.63) is 64.1 Å². The number of halogens is 2. The topological polar surface area (TPSA) is 144 Å². The molecule has 0 aliphatic rings. The van der Waals surface area contributed by atoms with Gasteiger partial charge in [-0.2, -0.15) is 0 Å². The number of nitrogens with one attached hydrogen (secondary N) is 1. The minimum absolute atomic E-state index is 0.0111. The van der Waals surface area contributed by atoms with E-state index >= 15 is 8.78 Å². The van der Waals surface area contributed by atoms with Gasteiger partial charge in [0.05, 0.1) is 32.7 Å². The highest BCUT2D eigenvalue weighted by molar-refractivity contribution is 5.86. The van der Waals surface area contributed by atoms with Gasteiger partial charge in [-0.1, -0.05) is 77.2 Å². The van der Waals surface area contributed by atoms with E-state index in [0.29, 0.717) is 38.7 Å². The lowest BCUT2D eigenvalue weighted by Crippen LogP contribution is -2.44. The third-order valence-corrected chi connectivity index (χ3v) is 9.06. The van der Waals surface area contributed by atoms with E-state index in [1.807, 2.05) is 37.3 Å². The zero-order valence-electron chi connectivity index (χ0n) is 32.8. The number of ether oxygens (including phenoxy) is 4. The minimum atomic E-state index is -2.90. The van der Waals surface area contributed by atoms with Crippen molar-refractivity contribution in [1.29, 1.82) is 0 Å². The number of amides is 1. The van der Waals surface area contributed by atoms with Crippen molar-refractivity contribution >= 4 is 17.8 Å². The molecule has 0 saturated heterocycles. The Morgan fingerprint density at radius 1 is 0.907 bits per heavy atom. The lowest BCUT2D eigenvalue weighted by Gasteiger charge is -2.23. The molecule has 3 atom stereocenters. The third kappa shape index (κ3) is 18.9. The number of esters is 2. The lowest BCUT2D eigenvalue weighted by molar-refractivity contribution is -0.146. The Bertz CT molecular complexity index is 1450. The molecule has 0 spiro atoms. The van der Waals surface area contributed by atoms with Crippen LogP contribution in [0.5, 0.6) is 5.75 Å². The Morgan fingerprint density at radius 2 is 1.63 bits per heavy atom. The number of carbonyl (C=O) groups excluding carboxylic acids is 3. The number of hydrogen-bond donors (Lipinski definition) is 1. The molecule has 0 saturated carbocycles. The molecular weight excluding hydrogens is 704 g/mol. The summed E-state index contributed by atoms with van der Waals surface area (Å²) >= 11 is 0. The maximum Gasteiger partial charge on any atom is 0.519 e. The van der Waals surface area contributed by atoms with Crippen LogP contribution in [0.3, 0.4) is 0 Å². The Morgan fingerprint density at radius 3 is 2.31 bits per heavy atom. The number of rotatable bonds is 29. The summed E-state index contributed by atoms with van der Waals surface area (Å²) in [6, 6.07) is 6.53. The van der Waals surface area contributed by atoms with Crippen LogP contribution in [0.4, 0.5) is 8.78 Å². The fourth-order valence-corrected chi connectivity index (χ4v) is 5.89. The summed E-state index contributed by atoms with van der Waals surface area (Å²) in [4.78, 5) is 49.5. The van der Waals surface area contributed by atoms with E-state index in [4.69, 9.17) is 27.8 Å². The van der Waals surface area contributed by atoms with Gasteiger partial charge in [-0.05, 0) is 55.7 Å². The quantitative estimate of drug-likeness (QED) is 0.0488. The van der Waals surface area contributed by atoms with Gasteiger partial charge >= 0.3 is 17.8 Å². The fraction of sp³-hybridized carbons (Fsp3) is 0.659. The molecule has 1 heterocycles. The van der Waals surface area contributed by atoms with Crippen LogP contribution >= 0.6 is 0 Å². The third-order valence-electron chi connectivity index (χ3n) is 9.06. The summed E-state index contributed by atoms with van der Waals surface area (Å²) < 4.78 is 61.3. The molecule has 0 bridgehead atoms. The molecule has 0 aliphatic carbocycles. The first-order valence-corrected chi connectivity index (χ1v) is 19.3. The lowest BCUT2D eigenvalue weighted by atomic mass is 9.88. The van der Waals surface area contributed by atoms with Crippen LogP contribution in [0, 0.1) is 11.8 Å². The smallest absolute Gasteiger partial charge is 0.494 e. The van der Waals surface area contributed by atoms with Gasteiger partial charge in [0.2, 0.25) is 11.8 Å². The van der Waals surface area contributed by atoms with Crippen molar-refractivity contribution in [2.24, 2.45) is 11.8 Å². The molecule has 2 aromatic rings. The fourth-order valence-electron chi connectivity index (χ4n) is 5.89. The van der Waals surface area contributed by atoms with Gasteiger partial charge in [0.15, 0.2) is 18.1 Å². The minimum Gasteiger partial charge on any atom is -0.494 e. The molecule has 11 nitrogen and oxygen atoms in total. The van der Waals surface area contributed by atoms with Crippen molar-refractivity contribution in [3.63, 3.8) is 0 Å². The predicted molar refractivity (Wildman–Crippen MR) is 200 cm³/mol. The molecule has 0 fully saturated rings. The van der Waals surface area contributed by atoms with Crippen LogP contribution in [0.2, 0.25) is 0 Å². The highest BCUT2D eigenvalue weighted by Crippen LogP contribution is 2.34. The van der Waals surface area contributed by atoms with E-state index in [1.165, 1.54) is 14.2 Å². The number of methoxy groups -OCH3 is 2. The molecule has 2 rings (SSSR count). The molecule has 1 aromatic heterocycles. The van der Waals surface area contributed by atoms with Gasteiger partial charge < -0.3 is 33.1 Å². The normalized spacial score (nSPS) is 13.4. The van der Waals surface area contributed by atoms with Crippen LogP contribution in [0.1, 0.15) is 121 Å². The average molecular weight is 766 g/mol. The SMILES string of the molecule is CCCCCCC(F)(F)CC(CCCC/C=C/[C@@H](C)C(=O)N[C@@H](Cc1ccc(OCCCC)cc1)C(=O)OC)Cc1oc(=O)oc1COC(=O)CCOC. The molecule has 54 heavy (non-hydrogen) atoms. The van der Waals surface area contributed by atoms with Crippen LogP contribution < -0.4 is 15.9 Å². The number of hydrogen-bond acceptors (Lipinski definition) is 10. The molecule has 1 unspecified atom stereocenters. The second kappa shape index (κ2) is 25.9. The second-order valence-electron chi connectivity index (χ2n) is 13.8. The number of alkyl halides is 2. The highest BCUT2D eigenvalue weighted by Gasteiger charge is 2.33. The first-order valence-electron chi connectivity index (χ1n) is 19.3. The Balaban J connectivity index is 1.96. The van der Waals surface area contributed by atoms with Gasteiger partial charge in [-0.15, -0.1) is 0 Å². The van der Waals surface area contributed by atoms with Crippen LogP contribution in [0.25, 0.3) is 0 Å². The molecular formula is C41H61F2NO10.